The van der Waals surface area contributed by atoms with Gasteiger partial charge in [0.15, 0.2) is 0 Å². The van der Waals surface area contributed by atoms with Crippen molar-refractivity contribution in [1.82, 2.24) is 13.7 Å². The summed E-state index contributed by atoms with van der Waals surface area (Å²) in [4.78, 5) is 2.39. The molecule has 4 nitrogen and oxygen atoms in total. The number of hydrogen-bond acceptors (Lipinski definition) is 1. The Labute approximate surface area is 491 Å². The Bertz CT molecular complexity index is 4750. The Balaban J connectivity index is 0.826. The third-order valence-corrected chi connectivity index (χ3v) is 17.4. The molecule has 0 saturated carbocycles. The SMILES string of the molecule is CC(C)(C)c1ccc2c(c1)c1cc(-c3ccc(N(c4ccc(-c5ccc6c(c5)c5ccccc5n6-c5ccccc5)cc4)c4ccc(-c5ccc6c(c5)c5cc(C(C)(C)C)ccc5n6-c5ccccc5)cc4)cc3)ccc1n2-c1ccccc1. The highest BCUT2D eigenvalue weighted by molar-refractivity contribution is 6.13. The highest BCUT2D eigenvalue weighted by Gasteiger charge is 2.22. The van der Waals surface area contributed by atoms with Crippen LogP contribution < -0.4 is 4.90 Å². The Morgan fingerprint density at radius 1 is 0.226 bits per heavy atom. The summed E-state index contributed by atoms with van der Waals surface area (Å²) in [5, 5.41) is 7.52. The second kappa shape index (κ2) is 19.8. The van der Waals surface area contributed by atoms with Gasteiger partial charge in [-0.3, -0.25) is 0 Å². The number of benzene rings is 12. The van der Waals surface area contributed by atoms with E-state index in [1.165, 1.54) is 110 Å². The average Bonchev–Trinajstić information content (AvgIpc) is 2.69. The lowest BCUT2D eigenvalue weighted by Crippen LogP contribution is -2.10. The summed E-state index contributed by atoms with van der Waals surface area (Å²) >= 11 is 0. The molecular formula is C80H64N4. The van der Waals surface area contributed by atoms with Crippen molar-refractivity contribution in [3.8, 4) is 50.4 Å². The number of fused-ring (bicyclic) bond motifs is 9. The van der Waals surface area contributed by atoms with E-state index >= 15 is 0 Å². The smallest absolute Gasteiger partial charge is 0.0541 e. The van der Waals surface area contributed by atoms with Crippen LogP contribution in [0.3, 0.4) is 0 Å². The lowest BCUT2D eigenvalue weighted by atomic mass is 9.86. The van der Waals surface area contributed by atoms with Crippen LogP contribution in [0.25, 0.3) is 116 Å². The van der Waals surface area contributed by atoms with Crippen molar-refractivity contribution >= 4 is 82.5 Å². The maximum absolute atomic E-state index is 2.41. The number of rotatable bonds is 9. The second-order valence-corrected chi connectivity index (χ2v) is 24.7. The number of anilines is 3. The number of nitrogens with zero attached hydrogens (tertiary/aromatic N) is 4. The van der Waals surface area contributed by atoms with Gasteiger partial charge >= 0.3 is 0 Å². The first-order chi connectivity index (χ1) is 40.9. The molecule has 84 heavy (non-hydrogen) atoms. The second-order valence-electron chi connectivity index (χ2n) is 24.7. The van der Waals surface area contributed by atoms with Crippen molar-refractivity contribution in [3.05, 3.63) is 290 Å². The summed E-state index contributed by atoms with van der Waals surface area (Å²) in [5.74, 6) is 0. The molecule has 0 bridgehead atoms. The minimum atomic E-state index is 0.0195. The van der Waals surface area contributed by atoms with Gasteiger partial charge < -0.3 is 18.6 Å². The first-order valence-electron chi connectivity index (χ1n) is 29.4. The van der Waals surface area contributed by atoms with E-state index in [1.807, 2.05) is 0 Å². The van der Waals surface area contributed by atoms with Crippen molar-refractivity contribution in [3.63, 3.8) is 0 Å². The van der Waals surface area contributed by atoms with Gasteiger partial charge in [0.25, 0.3) is 0 Å². The van der Waals surface area contributed by atoms with Gasteiger partial charge in [0.2, 0.25) is 0 Å². The Hall–Kier alpha value is -10.2. The number of para-hydroxylation sites is 4. The van der Waals surface area contributed by atoms with E-state index in [0.29, 0.717) is 0 Å². The fourth-order valence-corrected chi connectivity index (χ4v) is 12.9. The molecule has 0 spiro atoms. The Morgan fingerprint density at radius 3 is 0.821 bits per heavy atom. The molecule has 0 saturated heterocycles. The zero-order chi connectivity index (χ0) is 56.8. The molecule has 404 valence electrons. The minimum Gasteiger partial charge on any atom is -0.311 e. The molecule has 12 aromatic carbocycles. The van der Waals surface area contributed by atoms with Gasteiger partial charge in [0.1, 0.15) is 0 Å². The Kier molecular flexibility index (Phi) is 12.0. The van der Waals surface area contributed by atoms with Crippen molar-refractivity contribution in [2.45, 2.75) is 52.4 Å². The lowest BCUT2D eigenvalue weighted by Gasteiger charge is -2.26. The molecule has 0 aliphatic heterocycles. The summed E-state index contributed by atoms with van der Waals surface area (Å²) in [5.41, 5.74) is 23.7. The maximum atomic E-state index is 2.41. The normalized spacial score (nSPS) is 12.2. The number of aromatic nitrogens is 3. The van der Waals surface area contributed by atoms with E-state index in [9.17, 15) is 0 Å². The summed E-state index contributed by atoms with van der Waals surface area (Å²) in [6.45, 7) is 13.8. The monoisotopic (exact) mass is 1080 g/mol. The number of hydrogen-bond donors (Lipinski definition) is 0. The maximum Gasteiger partial charge on any atom is 0.0541 e. The van der Waals surface area contributed by atoms with Gasteiger partial charge in [0.05, 0.1) is 33.1 Å². The molecular weight excluding hydrogens is 1020 g/mol. The molecule has 0 amide bonds. The van der Waals surface area contributed by atoms with Crippen LogP contribution in [-0.2, 0) is 10.8 Å². The van der Waals surface area contributed by atoms with Crippen molar-refractivity contribution in [2.24, 2.45) is 0 Å². The third kappa shape index (κ3) is 8.68. The molecule has 0 N–H and O–H groups in total. The Morgan fingerprint density at radius 2 is 0.488 bits per heavy atom. The molecule has 3 heterocycles. The van der Waals surface area contributed by atoms with E-state index in [0.717, 1.165) is 34.1 Å². The summed E-state index contributed by atoms with van der Waals surface area (Å²) in [7, 11) is 0. The average molecular weight is 1080 g/mol. The molecule has 0 aliphatic rings. The van der Waals surface area contributed by atoms with Crippen LogP contribution in [0.2, 0.25) is 0 Å². The van der Waals surface area contributed by atoms with Crippen LogP contribution >= 0.6 is 0 Å². The molecule has 3 aromatic heterocycles. The topological polar surface area (TPSA) is 18.0 Å². The van der Waals surface area contributed by atoms with Gasteiger partial charge in [-0.05, 0) is 195 Å². The van der Waals surface area contributed by atoms with Crippen molar-refractivity contribution in [1.29, 1.82) is 0 Å². The van der Waals surface area contributed by atoms with E-state index in [-0.39, 0.29) is 10.8 Å². The molecule has 0 atom stereocenters. The first-order valence-corrected chi connectivity index (χ1v) is 29.4. The lowest BCUT2D eigenvalue weighted by molar-refractivity contribution is 0.591. The zero-order valence-electron chi connectivity index (χ0n) is 48.3. The molecule has 15 aromatic rings. The zero-order valence-corrected chi connectivity index (χ0v) is 48.3. The predicted octanol–water partition coefficient (Wildman–Crippen LogP) is 22.0. The summed E-state index contributed by atoms with van der Waals surface area (Å²) in [6.07, 6.45) is 0. The van der Waals surface area contributed by atoms with Gasteiger partial charge in [-0.15, -0.1) is 0 Å². The molecule has 4 heteroatoms. The van der Waals surface area contributed by atoms with Crippen LogP contribution in [0.15, 0.2) is 279 Å². The highest BCUT2D eigenvalue weighted by atomic mass is 15.1. The molecule has 0 fully saturated rings. The van der Waals surface area contributed by atoms with Crippen molar-refractivity contribution < 1.29 is 0 Å². The van der Waals surface area contributed by atoms with Gasteiger partial charge in [-0.1, -0.05) is 181 Å². The van der Waals surface area contributed by atoms with E-state index < -0.39 is 0 Å². The fraction of sp³-hybridized carbons (Fsp3) is 0.100. The minimum absolute atomic E-state index is 0.0195. The summed E-state index contributed by atoms with van der Waals surface area (Å²) < 4.78 is 7.20. The standard InChI is InChI=1S/C80H64N4/c1-79(2,3)59-35-46-77-71(51-59)69-49-57(33-44-75(69)83(77)62-20-12-8-13-21-62)54-28-39-65(40-29-54)81(64-37-26-53(27-38-64)56-32-43-74-68(48-56)67-24-16-17-25-73(67)82(74)61-18-10-7-11-19-61)66-41-30-55(31-42-66)58-34-45-76-70(50-58)72-52-60(80(4,5)6)36-47-78(72)84(76)63-22-14-9-15-23-63/h7-52H,1-6H3. The van der Waals surface area contributed by atoms with Gasteiger partial charge in [-0.2, -0.15) is 0 Å². The molecule has 0 unspecified atom stereocenters. The van der Waals surface area contributed by atoms with E-state index in [2.05, 4.69) is 339 Å². The van der Waals surface area contributed by atoms with Gasteiger partial charge in [-0.25, -0.2) is 0 Å². The largest absolute Gasteiger partial charge is 0.311 e. The van der Waals surface area contributed by atoms with Crippen LogP contribution in [0.1, 0.15) is 52.7 Å². The van der Waals surface area contributed by atoms with Crippen LogP contribution in [0.5, 0.6) is 0 Å². The molecule has 15 rings (SSSR count). The first kappa shape index (κ1) is 50.8. The molecule has 0 aliphatic carbocycles. The highest BCUT2D eigenvalue weighted by Crippen LogP contribution is 2.43. The van der Waals surface area contributed by atoms with Crippen LogP contribution in [0.4, 0.5) is 17.1 Å². The van der Waals surface area contributed by atoms with Crippen LogP contribution in [-0.4, -0.2) is 13.7 Å². The van der Waals surface area contributed by atoms with E-state index in [1.54, 1.807) is 0 Å². The van der Waals surface area contributed by atoms with Crippen LogP contribution in [0, 0.1) is 0 Å². The fourth-order valence-electron chi connectivity index (χ4n) is 12.9. The van der Waals surface area contributed by atoms with Crippen molar-refractivity contribution in [2.75, 3.05) is 4.90 Å². The third-order valence-electron chi connectivity index (χ3n) is 17.4. The van der Waals surface area contributed by atoms with E-state index in [4.69, 9.17) is 0 Å². The summed E-state index contributed by atoms with van der Waals surface area (Å²) in [6, 6.07) is 103. The quantitative estimate of drug-likeness (QED) is 0.141. The molecule has 0 radical (unpaired) electrons. The van der Waals surface area contributed by atoms with Gasteiger partial charge in [0, 0.05) is 66.4 Å². The predicted molar refractivity (Wildman–Crippen MR) is 358 cm³/mol.